The number of hydrogen-bond donors (Lipinski definition) is 2. The average molecular weight is 399 g/mol. The van der Waals surface area contributed by atoms with Crippen LogP contribution in [0.2, 0.25) is 0 Å². The molecule has 2 aromatic carbocycles. The number of nitro groups is 1. The molecule has 29 heavy (non-hydrogen) atoms. The van der Waals surface area contributed by atoms with E-state index in [2.05, 4.69) is 10.6 Å². The Labute approximate surface area is 167 Å². The van der Waals surface area contributed by atoms with Gasteiger partial charge in [-0.3, -0.25) is 24.5 Å². The number of carbonyl (C=O) groups excluding carboxylic acids is 3. The largest absolute Gasteiger partial charge is 0.454 e. The van der Waals surface area contributed by atoms with Gasteiger partial charge in [0.05, 0.1) is 4.92 Å². The van der Waals surface area contributed by atoms with Gasteiger partial charge in [-0.25, -0.2) is 0 Å². The average Bonchev–Trinajstić information content (AvgIpc) is 2.67. The number of nitrogens with zero attached hydrogens (tertiary/aromatic N) is 1. The number of para-hydroxylation sites is 1. The number of amides is 2. The van der Waals surface area contributed by atoms with E-state index in [1.54, 1.807) is 31.2 Å². The third-order valence-electron chi connectivity index (χ3n) is 4.24. The molecule has 0 bridgehead atoms. The predicted molar refractivity (Wildman–Crippen MR) is 106 cm³/mol. The van der Waals surface area contributed by atoms with Crippen LogP contribution in [0.4, 0.5) is 11.4 Å². The van der Waals surface area contributed by atoms with Crippen molar-refractivity contribution in [1.29, 1.82) is 0 Å². The molecule has 9 heteroatoms. The van der Waals surface area contributed by atoms with Gasteiger partial charge in [0.25, 0.3) is 17.5 Å². The van der Waals surface area contributed by atoms with Crippen LogP contribution in [0.3, 0.4) is 0 Å². The zero-order chi connectivity index (χ0) is 21.6. The quantitative estimate of drug-likeness (QED) is 0.418. The minimum Gasteiger partial charge on any atom is -0.454 e. The van der Waals surface area contributed by atoms with Crippen molar-refractivity contribution in [2.45, 2.75) is 20.8 Å². The standard InChI is InChI=1S/C20H21N3O6/c1-12-7-8-15(9-14(12)3)20(26)21-10-18(25)29-11-17(24)22-19-13(2)5-4-6-16(19)23(27)28/h4-9H,10-11H2,1-3H3,(H,21,26)(H,22,24). The van der Waals surface area contributed by atoms with Crippen molar-refractivity contribution in [2.24, 2.45) is 0 Å². The Balaban J connectivity index is 1.85. The summed E-state index contributed by atoms with van der Waals surface area (Å²) in [5.41, 5.74) is 2.68. The van der Waals surface area contributed by atoms with Gasteiger partial charge in [-0.1, -0.05) is 18.2 Å². The van der Waals surface area contributed by atoms with Crippen LogP contribution in [0.25, 0.3) is 0 Å². The molecule has 0 aromatic heterocycles. The number of nitro benzene ring substituents is 1. The number of carbonyl (C=O) groups is 3. The first kappa shape index (κ1) is 21.5. The number of nitrogens with one attached hydrogen (secondary N) is 2. The molecule has 0 radical (unpaired) electrons. The van der Waals surface area contributed by atoms with Crippen molar-refractivity contribution in [1.82, 2.24) is 5.32 Å². The fraction of sp³-hybridized carbons (Fsp3) is 0.250. The van der Waals surface area contributed by atoms with E-state index in [1.807, 2.05) is 13.8 Å². The highest BCUT2D eigenvalue weighted by atomic mass is 16.6. The van der Waals surface area contributed by atoms with Crippen molar-refractivity contribution >= 4 is 29.2 Å². The second-order valence-corrected chi connectivity index (χ2v) is 6.42. The maximum absolute atomic E-state index is 12.1. The molecular weight excluding hydrogens is 378 g/mol. The first-order chi connectivity index (χ1) is 13.7. The van der Waals surface area contributed by atoms with Gasteiger partial charge >= 0.3 is 5.97 Å². The fourth-order valence-electron chi connectivity index (χ4n) is 2.48. The van der Waals surface area contributed by atoms with Crippen LogP contribution < -0.4 is 10.6 Å². The molecule has 2 aromatic rings. The molecule has 0 spiro atoms. The minimum absolute atomic E-state index is 0.0431. The first-order valence-electron chi connectivity index (χ1n) is 8.74. The minimum atomic E-state index is -0.809. The highest BCUT2D eigenvalue weighted by Gasteiger charge is 2.18. The highest BCUT2D eigenvalue weighted by Crippen LogP contribution is 2.27. The SMILES string of the molecule is Cc1ccc(C(=O)NCC(=O)OCC(=O)Nc2c(C)cccc2[N+](=O)[O-])cc1C. The van der Waals surface area contributed by atoms with Crippen LogP contribution in [0.1, 0.15) is 27.0 Å². The zero-order valence-electron chi connectivity index (χ0n) is 16.3. The van der Waals surface area contributed by atoms with E-state index in [9.17, 15) is 24.5 Å². The van der Waals surface area contributed by atoms with Crippen LogP contribution >= 0.6 is 0 Å². The Morgan fingerprint density at radius 1 is 1.03 bits per heavy atom. The van der Waals surface area contributed by atoms with E-state index in [4.69, 9.17) is 4.74 Å². The summed E-state index contributed by atoms with van der Waals surface area (Å²) in [5, 5.41) is 15.8. The second kappa shape index (κ2) is 9.45. The van der Waals surface area contributed by atoms with E-state index < -0.39 is 35.9 Å². The van der Waals surface area contributed by atoms with Gasteiger partial charge in [-0.05, 0) is 49.6 Å². The molecule has 2 rings (SSSR count). The molecule has 2 amide bonds. The molecule has 0 aliphatic rings. The van der Waals surface area contributed by atoms with E-state index in [1.165, 1.54) is 12.1 Å². The third-order valence-corrected chi connectivity index (χ3v) is 4.24. The number of esters is 1. The Morgan fingerprint density at radius 2 is 1.76 bits per heavy atom. The Bertz CT molecular complexity index is 971. The number of ether oxygens (including phenoxy) is 1. The predicted octanol–water partition coefficient (Wildman–Crippen LogP) is 2.43. The van der Waals surface area contributed by atoms with E-state index in [0.717, 1.165) is 11.1 Å². The molecule has 0 heterocycles. The summed E-state index contributed by atoms with van der Waals surface area (Å²) in [6.07, 6.45) is 0. The van der Waals surface area contributed by atoms with E-state index >= 15 is 0 Å². The summed E-state index contributed by atoms with van der Waals surface area (Å²) >= 11 is 0. The number of hydrogen-bond acceptors (Lipinski definition) is 6. The summed E-state index contributed by atoms with van der Waals surface area (Å²) < 4.78 is 4.81. The maximum atomic E-state index is 12.1. The number of rotatable bonds is 7. The lowest BCUT2D eigenvalue weighted by Crippen LogP contribution is -2.32. The molecule has 152 valence electrons. The molecule has 2 N–H and O–H groups in total. The van der Waals surface area contributed by atoms with Gasteiger partial charge in [-0.2, -0.15) is 0 Å². The molecule has 0 aliphatic heterocycles. The van der Waals surface area contributed by atoms with Gasteiger partial charge in [0, 0.05) is 11.6 Å². The summed E-state index contributed by atoms with van der Waals surface area (Å²) in [4.78, 5) is 46.3. The topological polar surface area (TPSA) is 128 Å². The van der Waals surface area contributed by atoms with Crippen molar-refractivity contribution in [3.05, 3.63) is 68.8 Å². The molecule has 0 saturated heterocycles. The highest BCUT2D eigenvalue weighted by molar-refractivity contribution is 5.97. The van der Waals surface area contributed by atoms with Crippen LogP contribution in [0.15, 0.2) is 36.4 Å². The fourth-order valence-corrected chi connectivity index (χ4v) is 2.48. The summed E-state index contributed by atoms with van der Waals surface area (Å²) in [6, 6.07) is 9.52. The lowest BCUT2D eigenvalue weighted by atomic mass is 10.1. The molecule has 0 fully saturated rings. The normalized spacial score (nSPS) is 10.2. The monoisotopic (exact) mass is 399 g/mol. The van der Waals surface area contributed by atoms with Crippen LogP contribution in [-0.2, 0) is 14.3 Å². The summed E-state index contributed by atoms with van der Waals surface area (Å²) in [6.45, 7) is 4.35. The van der Waals surface area contributed by atoms with Crippen molar-refractivity contribution in [3.8, 4) is 0 Å². The molecular formula is C20H21N3O6. The zero-order valence-corrected chi connectivity index (χ0v) is 16.3. The van der Waals surface area contributed by atoms with Gasteiger partial charge in [-0.15, -0.1) is 0 Å². The van der Waals surface area contributed by atoms with Crippen molar-refractivity contribution in [2.75, 3.05) is 18.5 Å². The lowest BCUT2D eigenvalue weighted by Gasteiger charge is -2.10. The van der Waals surface area contributed by atoms with Gasteiger partial charge in [0.1, 0.15) is 12.2 Å². The van der Waals surface area contributed by atoms with Crippen LogP contribution in [0.5, 0.6) is 0 Å². The molecule has 0 saturated carbocycles. The van der Waals surface area contributed by atoms with E-state index in [-0.39, 0.29) is 11.4 Å². The van der Waals surface area contributed by atoms with Crippen molar-refractivity contribution in [3.63, 3.8) is 0 Å². The van der Waals surface area contributed by atoms with Crippen LogP contribution in [0, 0.1) is 30.9 Å². The summed E-state index contributed by atoms with van der Waals surface area (Å²) in [5.74, 6) is -1.97. The Morgan fingerprint density at radius 3 is 2.41 bits per heavy atom. The first-order valence-corrected chi connectivity index (χ1v) is 8.74. The number of anilines is 1. The van der Waals surface area contributed by atoms with Gasteiger partial charge in [0.2, 0.25) is 0 Å². The Hall–Kier alpha value is -3.75. The maximum Gasteiger partial charge on any atom is 0.325 e. The lowest BCUT2D eigenvalue weighted by molar-refractivity contribution is -0.384. The number of aryl methyl sites for hydroxylation is 3. The van der Waals surface area contributed by atoms with Gasteiger partial charge in [0.15, 0.2) is 6.61 Å². The van der Waals surface area contributed by atoms with Gasteiger partial charge < -0.3 is 15.4 Å². The smallest absolute Gasteiger partial charge is 0.325 e. The third kappa shape index (κ3) is 5.86. The number of benzene rings is 2. The second-order valence-electron chi connectivity index (χ2n) is 6.42. The molecule has 0 aliphatic carbocycles. The van der Waals surface area contributed by atoms with Crippen LogP contribution in [-0.4, -0.2) is 35.9 Å². The molecule has 9 nitrogen and oxygen atoms in total. The molecule has 0 atom stereocenters. The van der Waals surface area contributed by atoms with E-state index in [0.29, 0.717) is 11.1 Å². The molecule has 0 unspecified atom stereocenters. The van der Waals surface area contributed by atoms with Crippen molar-refractivity contribution < 1.29 is 24.0 Å². The Kier molecular flexibility index (Phi) is 7.02. The summed E-state index contributed by atoms with van der Waals surface area (Å²) in [7, 11) is 0.